The molecule has 1 aliphatic heterocycles. The lowest BCUT2D eigenvalue weighted by Crippen LogP contribution is -2.65. The Hall–Kier alpha value is -2.97. The van der Waals surface area contributed by atoms with E-state index in [0.29, 0.717) is 0 Å². The first-order valence-electron chi connectivity index (χ1n) is 10.2. The van der Waals surface area contributed by atoms with E-state index in [-0.39, 0.29) is 30.9 Å². The summed E-state index contributed by atoms with van der Waals surface area (Å²) >= 11 is 0. The number of aliphatic hydroxyl groups is 1. The summed E-state index contributed by atoms with van der Waals surface area (Å²) in [7, 11) is 0. The molecule has 1 amide bonds. The molecular weight excluding hydrogens is 362 g/mol. The number of carbonyl (C=O) groups is 1. The van der Waals surface area contributed by atoms with Gasteiger partial charge in [0.15, 0.2) is 0 Å². The van der Waals surface area contributed by atoms with E-state index < -0.39 is 6.04 Å². The first-order chi connectivity index (χ1) is 14.2. The van der Waals surface area contributed by atoms with Crippen molar-refractivity contribution in [2.45, 2.75) is 50.1 Å². The van der Waals surface area contributed by atoms with Gasteiger partial charge in [-0.2, -0.15) is 5.26 Å². The van der Waals surface area contributed by atoms with E-state index >= 15 is 0 Å². The molecule has 1 N–H and O–H groups in total. The van der Waals surface area contributed by atoms with E-state index in [0.717, 1.165) is 24.0 Å². The zero-order valence-electron chi connectivity index (χ0n) is 16.4. The molecule has 1 aliphatic carbocycles. The molecule has 3 atom stereocenters. The van der Waals surface area contributed by atoms with Gasteiger partial charge in [0.1, 0.15) is 6.04 Å². The summed E-state index contributed by atoms with van der Waals surface area (Å²) in [5, 5.41) is 19.7. The molecule has 0 bridgehead atoms. The van der Waals surface area contributed by atoms with Crippen molar-refractivity contribution < 1.29 is 9.90 Å². The Morgan fingerprint density at radius 1 is 1.17 bits per heavy atom. The van der Waals surface area contributed by atoms with E-state index in [4.69, 9.17) is 0 Å². The third kappa shape index (κ3) is 3.81. The summed E-state index contributed by atoms with van der Waals surface area (Å²) in [5.41, 5.74) is 4.48. The Morgan fingerprint density at radius 3 is 2.55 bits per heavy atom. The maximum atomic E-state index is 12.8. The highest BCUT2D eigenvalue weighted by Crippen LogP contribution is 2.41. The number of likely N-dealkylation sites (tertiary alicyclic amines) is 1. The van der Waals surface area contributed by atoms with Crippen LogP contribution in [0.3, 0.4) is 0 Å². The van der Waals surface area contributed by atoms with Gasteiger partial charge in [0.25, 0.3) is 0 Å². The summed E-state index contributed by atoms with van der Waals surface area (Å²) < 4.78 is 0. The van der Waals surface area contributed by atoms with Gasteiger partial charge in [0.05, 0.1) is 25.1 Å². The number of pyridine rings is 1. The van der Waals surface area contributed by atoms with Crippen LogP contribution in [0.2, 0.25) is 0 Å². The second-order valence-corrected chi connectivity index (χ2v) is 7.78. The van der Waals surface area contributed by atoms with Crippen LogP contribution in [0.4, 0.5) is 0 Å². The first-order valence-corrected chi connectivity index (χ1v) is 10.2. The van der Waals surface area contributed by atoms with Gasteiger partial charge in [0.2, 0.25) is 5.91 Å². The minimum Gasteiger partial charge on any atom is -0.394 e. The van der Waals surface area contributed by atoms with Crippen molar-refractivity contribution in [2.75, 3.05) is 6.61 Å². The molecule has 1 fully saturated rings. The van der Waals surface area contributed by atoms with Crippen LogP contribution in [0.1, 0.15) is 48.3 Å². The van der Waals surface area contributed by atoms with Crippen molar-refractivity contribution in [3.63, 3.8) is 0 Å². The van der Waals surface area contributed by atoms with Crippen molar-refractivity contribution in [3.8, 4) is 6.07 Å². The molecule has 29 heavy (non-hydrogen) atoms. The number of aromatic nitrogens is 1. The Labute approximate surface area is 171 Å². The van der Waals surface area contributed by atoms with Gasteiger partial charge in [-0.05, 0) is 60.1 Å². The van der Waals surface area contributed by atoms with Gasteiger partial charge >= 0.3 is 0 Å². The third-order valence-corrected chi connectivity index (χ3v) is 6.08. The zero-order valence-corrected chi connectivity index (χ0v) is 16.4. The minimum absolute atomic E-state index is 0.137. The summed E-state index contributed by atoms with van der Waals surface area (Å²) in [5.74, 6) is -0.303. The van der Waals surface area contributed by atoms with Gasteiger partial charge in [-0.1, -0.05) is 30.3 Å². The number of benzene rings is 1. The van der Waals surface area contributed by atoms with Crippen molar-refractivity contribution in [2.24, 2.45) is 0 Å². The van der Waals surface area contributed by atoms with E-state index in [1.807, 2.05) is 12.1 Å². The van der Waals surface area contributed by atoms with E-state index in [1.165, 1.54) is 24.0 Å². The SMILES string of the molecule is N#C[C@H]1[C@H](c2ccc(C3=CCCCC3)cc2)[C@@H](CO)N1C(=O)Cc1ccncc1. The third-order valence-electron chi connectivity index (χ3n) is 6.08. The number of nitriles is 1. The van der Waals surface area contributed by atoms with Gasteiger partial charge in [0, 0.05) is 18.3 Å². The quantitative estimate of drug-likeness (QED) is 0.852. The van der Waals surface area contributed by atoms with Gasteiger partial charge in [-0.25, -0.2) is 0 Å². The molecule has 1 saturated heterocycles. The van der Waals surface area contributed by atoms with Crippen LogP contribution in [0.25, 0.3) is 5.57 Å². The average molecular weight is 387 g/mol. The molecule has 0 spiro atoms. The number of amides is 1. The fourth-order valence-corrected chi connectivity index (χ4v) is 4.54. The largest absolute Gasteiger partial charge is 0.394 e. The van der Waals surface area contributed by atoms with Crippen LogP contribution in [-0.4, -0.2) is 39.6 Å². The number of nitrogens with zero attached hydrogens (tertiary/aromatic N) is 3. The van der Waals surface area contributed by atoms with Crippen molar-refractivity contribution >= 4 is 11.5 Å². The molecule has 1 aromatic carbocycles. The maximum Gasteiger partial charge on any atom is 0.228 e. The van der Waals surface area contributed by atoms with Crippen LogP contribution < -0.4 is 0 Å². The molecule has 2 heterocycles. The smallest absolute Gasteiger partial charge is 0.228 e. The highest BCUT2D eigenvalue weighted by atomic mass is 16.3. The van der Waals surface area contributed by atoms with Gasteiger partial charge in [-0.15, -0.1) is 0 Å². The molecule has 148 valence electrons. The lowest BCUT2D eigenvalue weighted by molar-refractivity contribution is -0.146. The summed E-state index contributed by atoms with van der Waals surface area (Å²) in [6, 6.07) is 13.3. The lowest BCUT2D eigenvalue weighted by Gasteiger charge is -2.51. The molecule has 5 nitrogen and oxygen atoms in total. The lowest BCUT2D eigenvalue weighted by atomic mass is 9.75. The minimum atomic E-state index is -0.554. The molecule has 2 aliphatic rings. The Kier molecular flexibility index (Phi) is 5.73. The first kappa shape index (κ1) is 19.4. The Morgan fingerprint density at radius 2 is 1.93 bits per heavy atom. The molecule has 0 radical (unpaired) electrons. The van der Waals surface area contributed by atoms with E-state index in [1.54, 1.807) is 29.4 Å². The van der Waals surface area contributed by atoms with Crippen LogP contribution in [0.15, 0.2) is 54.9 Å². The van der Waals surface area contributed by atoms with Gasteiger partial charge < -0.3 is 10.0 Å². The number of carbonyl (C=O) groups excluding carboxylic acids is 1. The molecule has 0 saturated carbocycles. The zero-order chi connectivity index (χ0) is 20.2. The van der Waals surface area contributed by atoms with Crippen LogP contribution in [0, 0.1) is 11.3 Å². The maximum absolute atomic E-state index is 12.8. The molecular formula is C24H25N3O2. The number of allylic oxidation sites excluding steroid dienone is 2. The van der Waals surface area contributed by atoms with Crippen LogP contribution >= 0.6 is 0 Å². The van der Waals surface area contributed by atoms with Crippen LogP contribution in [-0.2, 0) is 11.2 Å². The summed E-state index contributed by atoms with van der Waals surface area (Å²) in [6.07, 6.45) is 10.6. The number of aliphatic hydroxyl groups excluding tert-OH is 1. The monoisotopic (exact) mass is 387 g/mol. The predicted octanol–water partition coefficient (Wildman–Crippen LogP) is 3.46. The molecule has 0 unspecified atom stereocenters. The van der Waals surface area contributed by atoms with Crippen molar-refractivity contribution in [1.82, 2.24) is 9.88 Å². The normalized spacial score (nSPS) is 23.7. The molecule has 2 aromatic rings. The average Bonchev–Trinajstić information content (AvgIpc) is 2.75. The van der Waals surface area contributed by atoms with Gasteiger partial charge in [-0.3, -0.25) is 9.78 Å². The second-order valence-electron chi connectivity index (χ2n) is 7.78. The second kappa shape index (κ2) is 8.59. The predicted molar refractivity (Wildman–Crippen MR) is 111 cm³/mol. The molecule has 5 heteroatoms. The fourth-order valence-electron chi connectivity index (χ4n) is 4.54. The topological polar surface area (TPSA) is 77.2 Å². The number of rotatable bonds is 5. The number of hydrogen-bond acceptors (Lipinski definition) is 4. The van der Waals surface area contributed by atoms with Crippen molar-refractivity contribution in [1.29, 1.82) is 5.26 Å². The highest BCUT2D eigenvalue weighted by Gasteiger charge is 2.51. The van der Waals surface area contributed by atoms with E-state index in [9.17, 15) is 15.2 Å². The molecule has 1 aromatic heterocycles. The van der Waals surface area contributed by atoms with Crippen LogP contribution in [0.5, 0.6) is 0 Å². The standard InChI is InChI=1S/C24H25N3O2/c25-15-21-24(20-8-6-19(7-9-20)18-4-2-1-3-5-18)22(16-28)27(21)23(29)14-17-10-12-26-13-11-17/h4,6-13,21-22,24,28H,1-3,5,14,16H2/t21-,22+,24-/m0/s1. The summed E-state index contributed by atoms with van der Waals surface area (Å²) in [4.78, 5) is 18.3. The fraction of sp³-hybridized carbons (Fsp3) is 0.375. The highest BCUT2D eigenvalue weighted by molar-refractivity contribution is 5.81. The molecule has 4 rings (SSSR count). The van der Waals surface area contributed by atoms with Crippen molar-refractivity contribution in [3.05, 3.63) is 71.6 Å². The Balaban J connectivity index is 1.51. The summed E-state index contributed by atoms with van der Waals surface area (Å²) in [6.45, 7) is -0.155. The number of hydrogen-bond donors (Lipinski definition) is 1. The Bertz CT molecular complexity index is 931. The van der Waals surface area contributed by atoms with E-state index in [2.05, 4.69) is 29.3 Å².